The number of ether oxygens (including phenoxy) is 2. The van der Waals surface area contributed by atoms with Crippen LogP contribution < -0.4 is 20.3 Å². The fourth-order valence-corrected chi connectivity index (χ4v) is 3.81. The van der Waals surface area contributed by atoms with Crippen LogP contribution in [-0.4, -0.2) is 53.8 Å². The molecule has 0 spiro atoms. The van der Waals surface area contributed by atoms with Crippen molar-refractivity contribution in [1.82, 2.24) is 19.8 Å². The van der Waals surface area contributed by atoms with Crippen molar-refractivity contribution in [3.05, 3.63) is 58.6 Å². The number of para-hydroxylation sites is 1. The van der Waals surface area contributed by atoms with Gasteiger partial charge in [0.25, 0.3) is 5.56 Å². The minimum Gasteiger partial charge on any atom is -0.494 e. The second kappa shape index (κ2) is 9.28. The van der Waals surface area contributed by atoms with E-state index < -0.39 is 0 Å². The van der Waals surface area contributed by atoms with E-state index >= 15 is 0 Å². The summed E-state index contributed by atoms with van der Waals surface area (Å²) in [5.74, 6) is 2.04. The lowest BCUT2D eigenvalue weighted by molar-refractivity contribution is 0.226. The third kappa shape index (κ3) is 4.17. The van der Waals surface area contributed by atoms with Crippen molar-refractivity contribution >= 4 is 10.9 Å². The first-order chi connectivity index (χ1) is 14.7. The number of hydrogen-bond donors (Lipinski definition) is 1. The molecule has 0 atom stereocenters. The second-order valence-corrected chi connectivity index (χ2v) is 7.21. The normalized spacial score (nSPS) is 14.7. The molecular formula is C23H28N4O3. The third-order valence-electron chi connectivity index (χ3n) is 5.20. The molecule has 0 aliphatic carbocycles. The second-order valence-electron chi connectivity index (χ2n) is 7.21. The van der Waals surface area contributed by atoms with Crippen LogP contribution in [0.3, 0.4) is 0 Å². The van der Waals surface area contributed by atoms with E-state index in [1.165, 1.54) is 0 Å². The predicted octanol–water partition coefficient (Wildman–Crippen LogP) is 2.59. The molecule has 0 amide bonds. The number of rotatable bonds is 7. The summed E-state index contributed by atoms with van der Waals surface area (Å²) < 4.78 is 13.3. The summed E-state index contributed by atoms with van der Waals surface area (Å²) in [6.07, 6.45) is 0. The molecule has 158 valence electrons. The molecule has 1 aliphatic heterocycles. The number of nitrogens with one attached hydrogen (secondary N) is 1. The lowest BCUT2D eigenvalue weighted by atomic mass is 10.2. The molecule has 2 heterocycles. The van der Waals surface area contributed by atoms with Crippen molar-refractivity contribution in [2.45, 2.75) is 20.4 Å². The monoisotopic (exact) mass is 408 g/mol. The summed E-state index contributed by atoms with van der Waals surface area (Å²) >= 11 is 0. The lowest BCUT2D eigenvalue weighted by Gasteiger charge is -2.28. The van der Waals surface area contributed by atoms with Crippen LogP contribution in [0, 0.1) is 0 Å². The highest BCUT2D eigenvalue weighted by Crippen LogP contribution is 2.29. The lowest BCUT2D eigenvalue weighted by Crippen LogP contribution is -2.44. The van der Waals surface area contributed by atoms with Crippen LogP contribution in [0.4, 0.5) is 0 Å². The Morgan fingerprint density at radius 3 is 2.57 bits per heavy atom. The Morgan fingerprint density at radius 2 is 1.80 bits per heavy atom. The number of fused-ring (bicyclic) bond motifs is 1. The van der Waals surface area contributed by atoms with Crippen molar-refractivity contribution in [2.75, 3.05) is 39.4 Å². The molecule has 0 unspecified atom stereocenters. The summed E-state index contributed by atoms with van der Waals surface area (Å²) in [6, 6.07) is 13.1. The third-order valence-corrected chi connectivity index (χ3v) is 5.20. The zero-order chi connectivity index (χ0) is 20.9. The van der Waals surface area contributed by atoms with Crippen LogP contribution in [0.5, 0.6) is 11.5 Å². The van der Waals surface area contributed by atoms with Gasteiger partial charge in [-0.2, -0.15) is 0 Å². The maximum Gasteiger partial charge on any atom is 0.266 e. The summed E-state index contributed by atoms with van der Waals surface area (Å²) in [5, 5.41) is 3.96. The highest BCUT2D eigenvalue weighted by molar-refractivity contribution is 5.78. The molecule has 1 N–H and O–H groups in total. The molecular weight excluding hydrogens is 380 g/mol. The van der Waals surface area contributed by atoms with Crippen LogP contribution in [0.2, 0.25) is 0 Å². The Hall–Kier alpha value is -2.90. The zero-order valence-electron chi connectivity index (χ0n) is 17.6. The largest absolute Gasteiger partial charge is 0.494 e. The van der Waals surface area contributed by atoms with Gasteiger partial charge in [-0.3, -0.25) is 14.3 Å². The molecule has 3 aromatic rings. The van der Waals surface area contributed by atoms with Gasteiger partial charge in [0.05, 0.1) is 36.3 Å². The first kappa shape index (κ1) is 20.4. The van der Waals surface area contributed by atoms with E-state index in [9.17, 15) is 4.79 Å². The van der Waals surface area contributed by atoms with E-state index in [0.717, 1.165) is 26.2 Å². The number of hydrogen-bond acceptors (Lipinski definition) is 6. The quantitative estimate of drug-likeness (QED) is 0.648. The molecule has 1 fully saturated rings. The average Bonchev–Trinajstić information content (AvgIpc) is 2.76. The first-order valence-electron chi connectivity index (χ1n) is 10.5. The van der Waals surface area contributed by atoms with Crippen molar-refractivity contribution in [3.8, 4) is 17.2 Å². The van der Waals surface area contributed by atoms with Crippen LogP contribution in [0.15, 0.2) is 47.3 Å². The molecule has 4 rings (SSSR count). The topological polar surface area (TPSA) is 68.6 Å². The Bertz CT molecular complexity index is 1070. The van der Waals surface area contributed by atoms with E-state index in [4.69, 9.17) is 14.5 Å². The average molecular weight is 409 g/mol. The van der Waals surface area contributed by atoms with E-state index in [1.54, 1.807) is 4.57 Å². The van der Waals surface area contributed by atoms with Gasteiger partial charge in [0.1, 0.15) is 17.3 Å². The van der Waals surface area contributed by atoms with Crippen LogP contribution >= 0.6 is 0 Å². The van der Waals surface area contributed by atoms with Crippen molar-refractivity contribution in [1.29, 1.82) is 0 Å². The number of aromatic nitrogens is 2. The van der Waals surface area contributed by atoms with Crippen molar-refractivity contribution < 1.29 is 9.47 Å². The van der Waals surface area contributed by atoms with Gasteiger partial charge in [-0.05, 0) is 38.1 Å². The number of piperazine rings is 1. The summed E-state index contributed by atoms with van der Waals surface area (Å²) in [6.45, 7) is 9.21. The van der Waals surface area contributed by atoms with E-state index in [-0.39, 0.29) is 5.56 Å². The van der Waals surface area contributed by atoms with E-state index in [0.29, 0.717) is 53.7 Å². The van der Waals surface area contributed by atoms with E-state index in [1.807, 2.05) is 56.3 Å². The molecule has 0 saturated carbocycles. The molecule has 1 aliphatic rings. The predicted molar refractivity (Wildman–Crippen MR) is 118 cm³/mol. The minimum absolute atomic E-state index is 0.0969. The smallest absolute Gasteiger partial charge is 0.266 e. The van der Waals surface area contributed by atoms with Gasteiger partial charge in [-0.15, -0.1) is 0 Å². The Kier molecular flexibility index (Phi) is 6.30. The van der Waals surface area contributed by atoms with Gasteiger partial charge in [0.15, 0.2) is 0 Å². The summed E-state index contributed by atoms with van der Waals surface area (Å²) in [7, 11) is 0. The number of benzene rings is 2. The maximum absolute atomic E-state index is 13.6. The zero-order valence-corrected chi connectivity index (χ0v) is 17.6. The molecule has 7 nitrogen and oxygen atoms in total. The summed E-state index contributed by atoms with van der Waals surface area (Å²) in [5.41, 5.74) is 1.28. The molecule has 7 heteroatoms. The van der Waals surface area contributed by atoms with Gasteiger partial charge < -0.3 is 14.8 Å². The maximum atomic E-state index is 13.6. The van der Waals surface area contributed by atoms with Crippen LogP contribution in [-0.2, 0) is 6.54 Å². The SMILES string of the molecule is CCOc1ccc(OCC)c(-n2c(CN3CCNCC3)nc3ccccc3c2=O)c1. The van der Waals surface area contributed by atoms with E-state index in [2.05, 4.69) is 10.2 Å². The Morgan fingerprint density at radius 1 is 1.03 bits per heavy atom. The number of nitrogens with zero attached hydrogens (tertiary/aromatic N) is 3. The highest BCUT2D eigenvalue weighted by atomic mass is 16.5. The summed E-state index contributed by atoms with van der Waals surface area (Å²) in [4.78, 5) is 20.8. The molecule has 30 heavy (non-hydrogen) atoms. The standard InChI is InChI=1S/C23H28N4O3/c1-3-29-17-9-10-21(30-4-2)20(15-17)27-22(16-26-13-11-24-12-14-26)25-19-8-6-5-7-18(19)23(27)28/h5-10,15,24H,3-4,11-14,16H2,1-2H3. The van der Waals surface area contributed by atoms with Gasteiger partial charge >= 0.3 is 0 Å². The van der Waals surface area contributed by atoms with Crippen LogP contribution in [0.1, 0.15) is 19.7 Å². The molecule has 1 aromatic heterocycles. The Balaban J connectivity index is 1.92. The molecule has 1 saturated heterocycles. The minimum atomic E-state index is -0.0969. The van der Waals surface area contributed by atoms with Crippen molar-refractivity contribution in [3.63, 3.8) is 0 Å². The van der Waals surface area contributed by atoms with Gasteiger partial charge in [-0.25, -0.2) is 4.98 Å². The molecule has 0 bridgehead atoms. The fourth-order valence-electron chi connectivity index (χ4n) is 3.81. The van der Waals surface area contributed by atoms with Crippen LogP contribution in [0.25, 0.3) is 16.6 Å². The fraction of sp³-hybridized carbons (Fsp3) is 0.391. The molecule has 2 aromatic carbocycles. The van der Waals surface area contributed by atoms with Gasteiger partial charge in [-0.1, -0.05) is 12.1 Å². The highest BCUT2D eigenvalue weighted by Gasteiger charge is 2.20. The molecule has 0 radical (unpaired) electrons. The van der Waals surface area contributed by atoms with Gasteiger partial charge in [0, 0.05) is 32.2 Å². The van der Waals surface area contributed by atoms with Crippen molar-refractivity contribution in [2.24, 2.45) is 0 Å². The Labute approximate surface area is 176 Å². The van der Waals surface area contributed by atoms with Gasteiger partial charge in [0.2, 0.25) is 0 Å². The first-order valence-corrected chi connectivity index (χ1v) is 10.5.